The van der Waals surface area contributed by atoms with Crippen LogP contribution in [0.5, 0.6) is 0 Å². The van der Waals surface area contributed by atoms with Crippen LogP contribution in [0, 0.1) is 5.92 Å². The fourth-order valence-electron chi connectivity index (χ4n) is 3.91. The highest BCUT2D eigenvalue weighted by Crippen LogP contribution is 2.25. The Kier molecular flexibility index (Phi) is 6.50. The number of carbonyl (C=O) groups is 1. The number of carbonyl (C=O) groups excluding carboxylic acids is 1. The molecule has 0 radical (unpaired) electrons. The molecular weight excluding hydrogens is 374 g/mol. The Hall–Kier alpha value is -3.05. The minimum Gasteiger partial charge on any atom is -0.467 e. The number of furan rings is 1. The van der Waals surface area contributed by atoms with Crippen molar-refractivity contribution < 1.29 is 9.21 Å². The Balaban J connectivity index is 1.33. The molecule has 156 valence electrons. The molecule has 0 aliphatic carbocycles. The van der Waals surface area contributed by atoms with Crippen molar-refractivity contribution in [1.82, 2.24) is 5.32 Å². The summed E-state index contributed by atoms with van der Waals surface area (Å²) in [6, 6.07) is 21.7. The lowest BCUT2D eigenvalue weighted by molar-refractivity contribution is -0.115. The van der Waals surface area contributed by atoms with Gasteiger partial charge in [0.05, 0.1) is 18.8 Å². The van der Waals surface area contributed by atoms with Crippen molar-refractivity contribution in [3.63, 3.8) is 0 Å². The summed E-state index contributed by atoms with van der Waals surface area (Å²) < 4.78 is 5.58. The molecule has 1 atom stereocenters. The molecule has 5 nitrogen and oxygen atoms in total. The third-order valence-electron chi connectivity index (χ3n) is 5.73. The van der Waals surface area contributed by atoms with Crippen LogP contribution in [0.1, 0.15) is 37.1 Å². The van der Waals surface area contributed by atoms with Crippen LogP contribution < -0.4 is 15.5 Å². The Morgan fingerprint density at radius 1 is 1.03 bits per heavy atom. The van der Waals surface area contributed by atoms with E-state index in [1.807, 2.05) is 54.6 Å². The smallest absolute Gasteiger partial charge is 0.238 e. The van der Waals surface area contributed by atoms with Crippen LogP contribution in [-0.4, -0.2) is 25.5 Å². The average molecular weight is 404 g/mol. The molecule has 4 rings (SSSR count). The number of benzene rings is 2. The van der Waals surface area contributed by atoms with Crippen LogP contribution in [0.3, 0.4) is 0 Å². The summed E-state index contributed by atoms with van der Waals surface area (Å²) in [7, 11) is 0. The van der Waals surface area contributed by atoms with Crippen molar-refractivity contribution in [2.24, 2.45) is 5.92 Å². The van der Waals surface area contributed by atoms with Crippen molar-refractivity contribution in [1.29, 1.82) is 0 Å². The second-order valence-electron chi connectivity index (χ2n) is 8.00. The molecule has 2 N–H and O–H groups in total. The Morgan fingerprint density at radius 2 is 1.77 bits per heavy atom. The summed E-state index contributed by atoms with van der Waals surface area (Å²) in [6.07, 6.45) is 4.13. The van der Waals surface area contributed by atoms with Crippen LogP contribution in [0.4, 0.5) is 11.4 Å². The van der Waals surface area contributed by atoms with E-state index in [0.717, 1.165) is 36.0 Å². The average Bonchev–Trinajstić information content (AvgIpc) is 3.30. The molecule has 0 bridgehead atoms. The van der Waals surface area contributed by atoms with Crippen molar-refractivity contribution in [3.8, 4) is 0 Å². The number of hydrogen-bond donors (Lipinski definition) is 2. The van der Waals surface area contributed by atoms with Gasteiger partial charge in [-0.15, -0.1) is 0 Å². The molecule has 2 aromatic carbocycles. The van der Waals surface area contributed by atoms with Crippen molar-refractivity contribution >= 4 is 17.3 Å². The van der Waals surface area contributed by atoms with E-state index < -0.39 is 0 Å². The van der Waals surface area contributed by atoms with E-state index in [1.165, 1.54) is 18.5 Å². The Bertz CT molecular complexity index is 915. The fraction of sp³-hybridized carbons (Fsp3) is 0.320. The van der Waals surface area contributed by atoms with Gasteiger partial charge in [0, 0.05) is 24.5 Å². The minimum atomic E-state index is -0.171. The van der Waals surface area contributed by atoms with E-state index in [4.69, 9.17) is 4.42 Å². The topological polar surface area (TPSA) is 57.5 Å². The van der Waals surface area contributed by atoms with Crippen LogP contribution in [0.25, 0.3) is 0 Å². The van der Waals surface area contributed by atoms with E-state index in [2.05, 4.69) is 34.6 Å². The highest BCUT2D eigenvalue weighted by atomic mass is 16.3. The maximum Gasteiger partial charge on any atom is 0.238 e. The van der Waals surface area contributed by atoms with E-state index in [1.54, 1.807) is 6.26 Å². The number of anilines is 2. The maximum atomic E-state index is 12.5. The summed E-state index contributed by atoms with van der Waals surface area (Å²) in [5.41, 5.74) is 3.09. The first-order valence-electron chi connectivity index (χ1n) is 10.7. The zero-order chi connectivity index (χ0) is 20.8. The molecule has 5 heteroatoms. The molecule has 0 saturated carbocycles. The first-order valence-corrected chi connectivity index (χ1v) is 10.7. The molecular formula is C25H29N3O2. The molecule has 3 aromatic rings. The zero-order valence-electron chi connectivity index (χ0n) is 17.4. The predicted octanol–water partition coefficient (Wildman–Crippen LogP) is 4.83. The molecule has 0 spiro atoms. The van der Waals surface area contributed by atoms with Crippen molar-refractivity contribution in [3.05, 3.63) is 84.3 Å². The third kappa shape index (κ3) is 5.10. The highest BCUT2D eigenvalue weighted by Gasteiger charge is 2.18. The molecule has 1 aliphatic rings. The van der Waals surface area contributed by atoms with Gasteiger partial charge in [0.15, 0.2) is 0 Å². The standard InChI is InChI=1S/C25H29N3O2/c1-19-13-15-28(16-14-19)22-11-9-21(10-12-22)27-24(29)18-26-25(23-8-5-17-30-23)20-6-3-2-4-7-20/h2-12,17,19,25-26H,13-16,18H2,1H3,(H,27,29)/t25-/m0/s1. The van der Waals surface area contributed by atoms with Gasteiger partial charge in [0.25, 0.3) is 0 Å². The van der Waals surface area contributed by atoms with Crippen LogP contribution in [0.2, 0.25) is 0 Å². The number of hydrogen-bond acceptors (Lipinski definition) is 4. The van der Waals surface area contributed by atoms with Gasteiger partial charge in [0.1, 0.15) is 5.76 Å². The second kappa shape index (κ2) is 9.63. The van der Waals surface area contributed by atoms with Gasteiger partial charge in [-0.2, -0.15) is 0 Å². The molecule has 2 heterocycles. The summed E-state index contributed by atoms with van der Waals surface area (Å²) in [6.45, 7) is 4.71. The number of nitrogens with zero attached hydrogens (tertiary/aromatic N) is 1. The number of rotatable bonds is 7. The predicted molar refractivity (Wildman–Crippen MR) is 121 cm³/mol. The van der Waals surface area contributed by atoms with Crippen molar-refractivity contribution in [2.45, 2.75) is 25.8 Å². The van der Waals surface area contributed by atoms with Gasteiger partial charge in [-0.3, -0.25) is 10.1 Å². The summed E-state index contributed by atoms with van der Waals surface area (Å²) >= 11 is 0. The van der Waals surface area contributed by atoms with Gasteiger partial charge in [-0.05, 0) is 60.7 Å². The highest BCUT2D eigenvalue weighted by molar-refractivity contribution is 5.92. The second-order valence-corrected chi connectivity index (χ2v) is 8.00. The first-order chi connectivity index (χ1) is 14.7. The summed E-state index contributed by atoms with van der Waals surface area (Å²) in [5, 5.41) is 6.29. The molecule has 0 unspecified atom stereocenters. The van der Waals surface area contributed by atoms with Crippen LogP contribution in [-0.2, 0) is 4.79 Å². The third-order valence-corrected chi connectivity index (χ3v) is 5.73. The van der Waals surface area contributed by atoms with E-state index in [-0.39, 0.29) is 18.5 Å². The molecule has 1 saturated heterocycles. The van der Waals surface area contributed by atoms with E-state index in [9.17, 15) is 4.79 Å². The lowest BCUT2D eigenvalue weighted by Crippen LogP contribution is -2.33. The SMILES string of the molecule is CC1CCN(c2ccc(NC(=O)CN[C@@H](c3ccccc3)c3ccco3)cc2)CC1. The molecule has 1 fully saturated rings. The minimum absolute atomic E-state index is 0.0814. The molecule has 1 aromatic heterocycles. The molecule has 1 aliphatic heterocycles. The maximum absolute atomic E-state index is 12.5. The van der Waals surface area contributed by atoms with Gasteiger partial charge in [-0.25, -0.2) is 0 Å². The first kappa shape index (κ1) is 20.2. The normalized spacial score (nSPS) is 15.7. The summed E-state index contributed by atoms with van der Waals surface area (Å²) in [4.78, 5) is 14.9. The van der Waals surface area contributed by atoms with Gasteiger partial charge in [0.2, 0.25) is 5.91 Å². The quantitative estimate of drug-likeness (QED) is 0.593. The number of amides is 1. The largest absolute Gasteiger partial charge is 0.467 e. The lowest BCUT2D eigenvalue weighted by Gasteiger charge is -2.32. The van der Waals surface area contributed by atoms with Crippen LogP contribution in [0.15, 0.2) is 77.4 Å². The number of piperidine rings is 1. The fourth-order valence-corrected chi connectivity index (χ4v) is 3.91. The monoisotopic (exact) mass is 403 g/mol. The van der Waals surface area contributed by atoms with E-state index >= 15 is 0 Å². The Morgan fingerprint density at radius 3 is 2.43 bits per heavy atom. The van der Waals surface area contributed by atoms with Gasteiger partial charge < -0.3 is 14.6 Å². The molecule has 1 amide bonds. The lowest BCUT2D eigenvalue weighted by atomic mass is 9.99. The van der Waals surface area contributed by atoms with Crippen LogP contribution >= 0.6 is 0 Å². The van der Waals surface area contributed by atoms with Gasteiger partial charge >= 0.3 is 0 Å². The number of nitrogens with one attached hydrogen (secondary N) is 2. The van der Waals surface area contributed by atoms with Gasteiger partial charge in [-0.1, -0.05) is 37.3 Å². The Labute approximate surface area is 178 Å². The van der Waals surface area contributed by atoms with Crippen molar-refractivity contribution in [2.75, 3.05) is 29.9 Å². The summed E-state index contributed by atoms with van der Waals surface area (Å²) in [5.74, 6) is 1.52. The van der Waals surface area contributed by atoms with E-state index in [0.29, 0.717) is 0 Å². The molecule has 30 heavy (non-hydrogen) atoms. The zero-order valence-corrected chi connectivity index (χ0v) is 17.4.